The van der Waals surface area contributed by atoms with Gasteiger partial charge in [-0.15, -0.1) is 0 Å². The van der Waals surface area contributed by atoms with Gasteiger partial charge in [-0.1, -0.05) is 13.0 Å². The van der Waals surface area contributed by atoms with Crippen molar-refractivity contribution >= 4 is 19.8 Å². The van der Waals surface area contributed by atoms with Gasteiger partial charge in [-0.05, 0) is 63.7 Å². The monoisotopic (exact) mass is 315 g/mol. The molecule has 2 rings (SSSR count). The molecule has 0 N–H and O–H groups in total. The van der Waals surface area contributed by atoms with Crippen LogP contribution < -0.4 is 4.43 Å². The third-order valence-electron chi connectivity index (χ3n) is 3.15. The second-order valence-corrected chi connectivity index (χ2v) is 10.9. The van der Waals surface area contributed by atoms with Gasteiger partial charge >= 0.3 is 0 Å². The standard InChI is InChI=1S/C17H25N3OSi/c1-7-15-10-11-20(19-15)14(3)18-16-9-8-13(2)12-17(16)21-22(4,5)6/h8-12H,7H2,1-6H3. The van der Waals surface area contributed by atoms with E-state index in [4.69, 9.17) is 9.42 Å². The molecule has 1 aromatic carbocycles. The summed E-state index contributed by atoms with van der Waals surface area (Å²) in [6.07, 6.45) is 2.87. The molecule has 4 nitrogen and oxygen atoms in total. The van der Waals surface area contributed by atoms with Crippen LogP contribution in [0.5, 0.6) is 5.75 Å². The maximum atomic E-state index is 6.18. The first-order valence-corrected chi connectivity index (χ1v) is 11.1. The van der Waals surface area contributed by atoms with E-state index in [1.165, 1.54) is 5.56 Å². The largest absolute Gasteiger partial charge is 0.543 e. The molecule has 0 radical (unpaired) electrons. The van der Waals surface area contributed by atoms with E-state index < -0.39 is 8.32 Å². The number of hydrogen-bond donors (Lipinski definition) is 0. The number of rotatable bonds is 4. The molecule has 0 aliphatic heterocycles. The minimum atomic E-state index is -1.68. The molecule has 0 bridgehead atoms. The average molecular weight is 315 g/mol. The normalized spacial score (nSPS) is 12.5. The highest BCUT2D eigenvalue weighted by molar-refractivity contribution is 6.70. The summed E-state index contributed by atoms with van der Waals surface area (Å²) in [4.78, 5) is 4.72. The first kappa shape index (κ1) is 16.5. The molecule has 5 heteroatoms. The Labute approximate surface area is 134 Å². The number of aryl methyl sites for hydroxylation is 2. The first-order chi connectivity index (χ1) is 10.3. The fourth-order valence-corrected chi connectivity index (χ4v) is 2.90. The Morgan fingerprint density at radius 2 is 2.00 bits per heavy atom. The van der Waals surface area contributed by atoms with Crippen molar-refractivity contribution in [2.75, 3.05) is 0 Å². The zero-order valence-electron chi connectivity index (χ0n) is 14.3. The highest BCUT2D eigenvalue weighted by Crippen LogP contribution is 2.31. The van der Waals surface area contributed by atoms with Gasteiger partial charge in [0.05, 0.1) is 5.69 Å². The second-order valence-electron chi connectivity index (χ2n) is 6.45. The Kier molecular flexibility index (Phi) is 4.86. The summed E-state index contributed by atoms with van der Waals surface area (Å²) in [6.45, 7) is 12.7. The van der Waals surface area contributed by atoms with Crippen LogP contribution >= 0.6 is 0 Å². The van der Waals surface area contributed by atoms with E-state index in [9.17, 15) is 0 Å². The van der Waals surface area contributed by atoms with Crippen LogP contribution in [0.3, 0.4) is 0 Å². The predicted molar refractivity (Wildman–Crippen MR) is 94.9 cm³/mol. The lowest BCUT2D eigenvalue weighted by Crippen LogP contribution is -2.29. The third-order valence-corrected chi connectivity index (χ3v) is 3.98. The van der Waals surface area contributed by atoms with Crippen molar-refractivity contribution in [1.29, 1.82) is 0 Å². The van der Waals surface area contributed by atoms with Crippen LogP contribution in [-0.2, 0) is 6.42 Å². The van der Waals surface area contributed by atoms with Crippen molar-refractivity contribution in [3.05, 3.63) is 41.7 Å². The van der Waals surface area contributed by atoms with Crippen molar-refractivity contribution < 1.29 is 4.43 Å². The van der Waals surface area contributed by atoms with Gasteiger partial charge in [0.2, 0.25) is 8.32 Å². The predicted octanol–water partition coefficient (Wildman–Crippen LogP) is 4.57. The Balaban J connectivity index is 2.37. The van der Waals surface area contributed by atoms with Gasteiger partial charge in [-0.2, -0.15) is 5.10 Å². The SMILES string of the molecule is CCc1ccn(C(C)=Nc2ccc(C)cc2O[Si](C)(C)C)n1. The summed E-state index contributed by atoms with van der Waals surface area (Å²) < 4.78 is 8.00. The smallest absolute Gasteiger partial charge is 0.242 e. The van der Waals surface area contributed by atoms with Gasteiger partial charge in [0, 0.05) is 6.20 Å². The van der Waals surface area contributed by atoms with Crippen LogP contribution in [0.15, 0.2) is 35.5 Å². The zero-order chi connectivity index (χ0) is 16.3. The van der Waals surface area contributed by atoms with E-state index in [0.717, 1.165) is 29.4 Å². The van der Waals surface area contributed by atoms with E-state index in [1.54, 1.807) is 0 Å². The molecule has 0 amide bonds. The van der Waals surface area contributed by atoms with Gasteiger partial charge in [0.25, 0.3) is 0 Å². The molecule has 0 aliphatic carbocycles. The van der Waals surface area contributed by atoms with E-state index in [-0.39, 0.29) is 0 Å². The van der Waals surface area contributed by atoms with E-state index in [0.29, 0.717) is 0 Å². The summed E-state index contributed by atoms with van der Waals surface area (Å²) in [5.74, 6) is 1.70. The molecule has 0 atom stereocenters. The van der Waals surface area contributed by atoms with Crippen molar-refractivity contribution in [2.45, 2.75) is 46.8 Å². The van der Waals surface area contributed by atoms with Gasteiger partial charge in [0.15, 0.2) is 0 Å². The summed E-state index contributed by atoms with van der Waals surface area (Å²) in [5, 5.41) is 4.50. The van der Waals surface area contributed by atoms with Crippen LogP contribution in [0.25, 0.3) is 0 Å². The summed E-state index contributed by atoms with van der Waals surface area (Å²) in [7, 11) is -1.68. The van der Waals surface area contributed by atoms with E-state index in [1.807, 2.05) is 29.9 Å². The number of benzene rings is 1. The third kappa shape index (κ3) is 4.30. The maximum absolute atomic E-state index is 6.18. The highest BCUT2D eigenvalue weighted by atomic mass is 28.4. The molecule has 0 fully saturated rings. The summed E-state index contributed by atoms with van der Waals surface area (Å²) in [6, 6.07) is 8.15. The van der Waals surface area contributed by atoms with Gasteiger partial charge in [-0.25, -0.2) is 9.67 Å². The quantitative estimate of drug-likeness (QED) is 0.471. The Morgan fingerprint density at radius 3 is 2.59 bits per heavy atom. The number of aromatic nitrogens is 2. The second kappa shape index (κ2) is 6.48. The first-order valence-electron chi connectivity index (χ1n) is 7.68. The molecule has 0 spiro atoms. The van der Waals surface area contributed by atoms with Crippen LogP contribution in [0.4, 0.5) is 5.69 Å². The molecule has 0 saturated heterocycles. The zero-order valence-corrected chi connectivity index (χ0v) is 15.3. The lowest BCUT2D eigenvalue weighted by atomic mass is 10.2. The van der Waals surface area contributed by atoms with Crippen LogP contribution in [0.1, 0.15) is 25.1 Å². The molecule has 0 saturated carbocycles. The number of nitrogens with zero attached hydrogens (tertiary/aromatic N) is 3. The van der Waals surface area contributed by atoms with Crippen molar-refractivity contribution in [3.8, 4) is 5.75 Å². The maximum Gasteiger partial charge on any atom is 0.242 e. The molecule has 1 heterocycles. The molecule has 0 unspecified atom stereocenters. The topological polar surface area (TPSA) is 39.4 Å². The van der Waals surface area contributed by atoms with E-state index >= 15 is 0 Å². The fourth-order valence-electron chi connectivity index (χ4n) is 2.08. The van der Waals surface area contributed by atoms with E-state index in [2.05, 4.69) is 50.7 Å². The molecule has 22 heavy (non-hydrogen) atoms. The van der Waals surface area contributed by atoms with Crippen molar-refractivity contribution in [2.24, 2.45) is 4.99 Å². The molecular weight excluding hydrogens is 290 g/mol. The molecule has 2 aromatic rings. The van der Waals surface area contributed by atoms with Gasteiger partial charge in [0.1, 0.15) is 17.3 Å². The Bertz CT molecular complexity index is 683. The molecule has 1 aromatic heterocycles. The van der Waals surface area contributed by atoms with Gasteiger partial charge < -0.3 is 4.43 Å². The Morgan fingerprint density at radius 1 is 1.27 bits per heavy atom. The van der Waals surface area contributed by atoms with Crippen molar-refractivity contribution in [1.82, 2.24) is 9.78 Å². The van der Waals surface area contributed by atoms with Gasteiger partial charge in [-0.3, -0.25) is 0 Å². The molecule has 118 valence electrons. The number of hydrogen-bond acceptors (Lipinski definition) is 3. The minimum absolute atomic E-state index is 0.837. The summed E-state index contributed by atoms with van der Waals surface area (Å²) in [5.41, 5.74) is 3.10. The van der Waals surface area contributed by atoms with Crippen LogP contribution in [0, 0.1) is 6.92 Å². The Hall–Kier alpha value is -1.88. The highest BCUT2D eigenvalue weighted by Gasteiger charge is 2.18. The summed E-state index contributed by atoms with van der Waals surface area (Å²) >= 11 is 0. The van der Waals surface area contributed by atoms with Crippen molar-refractivity contribution in [3.63, 3.8) is 0 Å². The average Bonchev–Trinajstić information content (AvgIpc) is 2.89. The minimum Gasteiger partial charge on any atom is -0.543 e. The fraction of sp³-hybridized carbons (Fsp3) is 0.412. The van der Waals surface area contributed by atoms with Crippen LogP contribution in [0.2, 0.25) is 19.6 Å². The lowest BCUT2D eigenvalue weighted by molar-refractivity contribution is 0.558. The molecule has 0 aliphatic rings. The molecular formula is C17H25N3OSi. The number of aliphatic imine (C=N–C) groups is 1. The lowest BCUT2D eigenvalue weighted by Gasteiger charge is -2.21. The van der Waals surface area contributed by atoms with Crippen LogP contribution in [-0.4, -0.2) is 23.9 Å².